The zero-order valence-corrected chi connectivity index (χ0v) is 11.8. The number of hydrogen-bond acceptors (Lipinski definition) is 5. The molecule has 0 atom stereocenters. The molecule has 1 aromatic rings. The molecule has 5 nitrogen and oxygen atoms in total. The normalized spacial score (nSPS) is 9.72. The van der Waals surface area contributed by atoms with Crippen molar-refractivity contribution < 1.29 is 19.1 Å². The van der Waals surface area contributed by atoms with E-state index in [2.05, 4.69) is 20.7 Å². The van der Waals surface area contributed by atoms with E-state index in [4.69, 9.17) is 4.74 Å². The molecule has 0 saturated carbocycles. The average molecular weight is 316 g/mol. The van der Waals surface area contributed by atoms with Gasteiger partial charge in [0.1, 0.15) is 6.54 Å². The number of methoxy groups -OCH3 is 1. The van der Waals surface area contributed by atoms with Crippen molar-refractivity contribution in [3.8, 4) is 0 Å². The Balaban J connectivity index is 2.81. The van der Waals surface area contributed by atoms with Crippen LogP contribution in [0.3, 0.4) is 0 Å². The Morgan fingerprint density at radius 2 is 2.11 bits per heavy atom. The SMILES string of the molecule is COC(=O)CN(COC(C)=O)c1cccc(Br)c1. The molecule has 0 aromatic heterocycles. The summed E-state index contributed by atoms with van der Waals surface area (Å²) in [4.78, 5) is 23.7. The van der Waals surface area contributed by atoms with Crippen molar-refractivity contribution in [1.82, 2.24) is 0 Å². The van der Waals surface area contributed by atoms with Crippen LogP contribution in [0.15, 0.2) is 28.7 Å². The Hall–Kier alpha value is -1.56. The number of hydrogen-bond donors (Lipinski definition) is 0. The monoisotopic (exact) mass is 315 g/mol. The van der Waals surface area contributed by atoms with E-state index in [0.717, 1.165) is 10.2 Å². The average Bonchev–Trinajstić information content (AvgIpc) is 2.33. The van der Waals surface area contributed by atoms with E-state index >= 15 is 0 Å². The molecule has 6 heteroatoms. The fraction of sp³-hybridized carbons (Fsp3) is 0.333. The van der Waals surface area contributed by atoms with Crippen LogP contribution >= 0.6 is 15.9 Å². The summed E-state index contributed by atoms with van der Waals surface area (Å²) in [5, 5.41) is 0. The predicted octanol–water partition coefficient (Wildman–Crippen LogP) is 1.95. The third-order valence-corrected chi connectivity index (χ3v) is 2.64. The number of rotatable bonds is 5. The Morgan fingerprint density at radius 3 is 2.67 bits per heavy atom. The largest absolute Gasteiger partial charge is 0.468 e. The number of halogens is 1. The Morgan fingerprint density at radius 1 is 1.39 bits per heavy atom. The highest BCUT2D eigenvalue weighted by Crippen LogP contribution is 2.19. The maximum Gasteiger partial charge on any atom is 0.325 e. The first-order valence-corrected chi connectivity index (χ1v) is 6.03. The fourth-order valence-electron chi connectivity index (χ4n) is 1.27. The van der Waals surface area contributed by atoms with Gasteiger partial charge in [-0.15, -0.1) is 0 Å². The van der Waals surface area contributed by atoms with Crippen molar-refractivity contribution in [3.05, 3.63) is 28.7 Å². The minimum atomic E-state index is -0.403. The first kappa shape index (κ1) is 14.5. The first-order valence-electron chi connectivity index (χ1n) is 5.23. The molecule has 0 heterocycles. The van der Waals surface area contributed by atoms with Gasteiger partial charge >= 0.3 is 11.9 Å². The van der Waals surface area contributed by atoms with Crippen LogP contribution in [0.4, 0.5) is 5.69 Å². The van der Waals surface area contributed by atoms with Gasteiger partial charge in [0.25, 0.3) is 0 Å². The third kappa shape index (κ3) is 4.75. The number of carbonyl (C=O) groups is 2. The van der Waals surface area contributed by atoms with E-state index in [-0.39, 0.29) is 13.3 Å². The second-order valence-electron chi connectivity index (χ2n) is 3.52. The van der Waals surface area contributed by atoms with Crippen molar-refractivity contribution in [2.24, 2.45) is 0 Å². The molecular weight excluding hydrogens is 302 g/mol. The van der Waals surface area contributed by atoms with E-state index < -0.39 is 11.9 Å². The lowest BCUT2D eigenvalue weighted by Crippen LogP contribution is -2.33. The smallest absolute Gasteiger partial charge is 0.325 e. The molecule has 0 bridgehead atoms. The molecule has 0 spiro atoms. The van der Waals surface area contributed by atoms with Crippen LogP contribution in [0.2, 0.25) is 0 Å². The molecule has 0 amide bonds. The highest BCUT2D eigenvalue weighted by Gasteiger charge is 2.13. The summed E-state index contributed by atoms with van der Waals surface area (Å²) in [6.45, 7) is 1.33. The van der Waals surface area contributed by atoms with Crippen LogP contribution in [0.1, 0.15) is 6.92 Å². The van der Waals surface area contributed by atoms with Crippen LogP contribution in [0.5, 0.6) is 0 Å². The van der Waals surface area contributed by atoms with E-state index in [9.17, 15) is 9.59 Å². The van der Waals surface area contributed by atoms with Crippen molar-refractivity contribution in [2.75, 3.05) is 25.3 Å². The van der Waals surface area contributed by atoms with Gasteiger partial charge in [-0.05, 0) is 18.2 Å². The van der Waals surface area contributed by atoms with Crippen LogP contribution < -0.4 is 4.90 Å². The van der Waals surface area contributed by atoms with Gasteiger partial charge in [0.2, 0.25) is 0 Å². The molecule has 0 saturated heterocycles. The van der Waals surface area contributed by atoms with Crippen LogP contribution in [-0.4, -0.2) is 32.3 Å². The van der Waals surface area contributed by atoms with E-state index in [1.54, 1.807) is 4.90 Å². The number of ether oxygens (including phenoxy) is 2. The van der Waals surface area contributed by atoms with Crippen LogP contribution in [-0.2, 0) is 19.1 Å². The Bertz CT molecular complexity index is 436. The molecule has 0 unspecified atom stereocenters. The quantitative estimate of drug-likeness (QED) is 0.614. The molecule has 0 aliphatic carbocycles. The second kappa shape index (κ2) is 7.00. The van der Waals surface area contributed by atoms with Gasteiger partial charge in [0, 0.05) is 17.1 Å². The van der Waals surface area contributed by atoms with Crippen molar-refractivity contribution in [2.45, 2.75) is 6.92 Å². The number of esters is 2. The van der Waals surface area contributed by atoms with Crippen molar-refractivity contribution in [1.29, 1.82) is 0 Å². The molecule has 0 aliphatic rings. The molecular formula is C12H14BrNO4. The molecule has 0 radical (unpaired) electrons. The van der Waals surface area contributed by atoms with Gasteiger partial charge in [0.15, 0.2) is 6.73 Å². The standard InChI is InChI=1S/C12H14BrNO4/c1-9(15)18-8-14(7-12(16)17-2)11-5-3-4-10(13)6-11/h3-6H,7-8H2,1-2H3. The lowest BCUT2D eigenvalue weighted by atomic mass is 10.3. The van der Waals surface area contributed by atoms with Gasteiger partial charge < -0.3 is 14.4 Å². The van der Waals surface area contributed by atoms with Crippen LogP contribution in [0.25, 0.3) is 0 Å². The van der Waals surface area contributed by atoms with Gasteiger partial charge in [0.05, 0.1) is 7.11 Å². The third-order valence-electron chi connectivity index (χ3n) is 2.14. The number of carbonyl (C=O) groups excluding carboxylic acids is 2. The topological polar surface area (TPSA) is 55.8 Å². The summed E-state index contributed by atoms with van der Waals surface area (Å²) in [6.07, 6.45) is 0. The summed E-state index contributed by atoms with van der Waals surface area (Å²) in [7, 11) is 1.31. The lowest BCUT2D eigenvalue weighted by molar-refractivity contribution is -0.143. The lowest BCUT2D eigenvalue weighted by Gasteiger charge is -2.22. The Kier molecular flexibility index (Phi) is 5.64. The molecule has 1 rings (SSSR count). The minimum Gasteiger partial charge on any atom is -0.468 e. The summed E-state index contributed by atoms with van der Waals surface area (Å²) in [6, 6.07) is 7.34. The van der Waals surface area contributed by atoms with Crippen molar-refractivity contribution >= 4 is 33.6 Å². The van der Waals surface area contributed by atoms with Gasteiger partial charge in [-0.3, -0.25) is 9.59 Å². The summed E-state index contributed by atoms with van der Waals surface area (Å²) < 4.78 is 10.4. The Labute approximate surface area is 114 Å². The molecule has 18 heavy (non-hydrogen) atoms. The molecule has 0 N–H and O–H groups in total. The number of nitrogens with zero attached hydrogens (tertiary/aromatic N) is 1. The maximum atomic E-state index is 11.3. The number of anilines is 1. The molecule has 98 valence electrons. The first-order chi connectivity index (χ1) is 8.52. The summed E-state index contributed by atoms with van der Waals surface area (Å²) in [5.41, 5.74) is 0.760. The van der Waals surface area contributed by atoms with E-state index in [0.29, 0.717) is 0 Å². The summed E-state index contributed by atoms with van der Waals surface area (Å²) >= 11 is 3.34. The maximum absolute atomic E-state index is 11.3. The van der Waals surface area contributed by atoms with Gasteiger partial charge in [-0.25, -0.2) is 0 Å². The predicted molar refractivity (Wildman–Crippen MR) is 70.1 cm³/mol. The number of benzene rings is 1. The van der Waals surface area contributed by atoms with E-state index in [1.807, 2.05) is 24.3 Å². The second-order valence-corrected chi connectivity index (χ2v) is 4.43. The molecule has 0 fully saturated rings. The van der Waals surface area contributed by atoms with Crippen molar-refractivity contribution in [3.63, 3.8) is 0 Å². The van der Waals surface area contributed by atoms with Gasteiger partial charge in [-0.2, -0.15) is 0 Å². The van der Waals surface area contributed by atoms with Crippen LogP contribution in [0, 0.1) is 0 Å². The zero-order valence-electron chi connectivity index (χ0n) is 10.2. The highest BCUT2D eigenvalue weighted by molar-refractivity contribution is 9.10. The fourth-order valence-corrected chi connectivity index (χ4v) is 1.66. The van der Waals surface area contributed by atoms with Gasteiger partial charge in [-0.1, -0.05) is 22.0 Å². The van der Waals surface area contributed by atoms with E-state index in [1.165, 1.54) is 14.0 Å². The highest BCUT2D eigenvalue weighted by atomic mass is 79.9. The molecule has 0 aliphatic heterocycles. The molecule has 1 aromatic carbocycles. The minimum absolute atomic E-state index is 0.000880. The summed E-state index contributed by atoms with van der Waals surface area (Å²) in [5.74, 6) is -0.804. The zero-order chi connectivity index (χ0) is 13.5.